The molecule has 24 heavy (non-hydrogen) atoms. The second-order valence-electron chi connectivity index (χ2n) is 7.24. The molecule has 2 heterocycles. The standard InChI is InChI=1S/C22H27NO/c1-14-11-12-17-16-9-7-8-10-18(16)24-20(17)19(14)23-15(2)21(3,4)13-22(23,5)6/h7-12,15H,13H2,1-6H3/i3D3,4D3,13D2. The number of hydrogen-bond acceptors (Lipinski definition) is 2. The Balaban J connectivity index is 2.12. The lowest BCUT2D eigenvalue weighted by atomic mass is 9.82. The van der Waals surface area contributed by atoms with Gasteiger partial charge < -0.3 is 9.32 Å². The van der Waals surface area contributed by atoms with E-state index in [1.807, 2.05) is 43.3 Å². The van der Waals surface area contributed by atoms with Gasteiger partial charge in [0.05, 0.1) is 5.69 Å². The average Bonchev–Trinajstić information content (AvgIpc) is 3.05. The predicted molar refractivity (Wildman–Crippen MR) is 103 cm³/mol. The summed E-state index contributed by atoms with van der Waals surface area (Å²) in [5, 5.41) is 1.69. The molecule has 4 rings (SSSR count). The third kappa shape index (κ3) is 2.02. The fraction of sp³-hybridized carbons (Fsp3) is 0.455. The van der Waals surface area contributed by atoms with E-state index >= 15 is 0 Å². The molecular weight excluding hydrogens is 294 g/mol. The summed E-state index contributed by atoms with van der Waals surface area (Å²) in [5.74, 6) is 0. The van der Waals surface area contributed by atoms with Gasteiger partial charge in [-0.15, -0.1) is 0 Å². The Hall–Kier alpha value is -1.96. The lowest BCUT2D eigenvalue weighted by Gasteiger charge is -2.38. The summed E-state index contributed by atoms with van der Waals surface area (Å²) in [7, 11) is 0. The maximum atomic E-state index is 8.98. The van der Waals surface area contributed by atoms with E-state index in [-0.39, 0.29) is 0 Å². The molecule has 1 aliphatic rings. The fourth-order valence-corrected chi connectivity index (χ4v) is 3.97. The maximum Gasteiger partial charge on any atom is 0.158 e. The lowest BCUT2D eigenvalue weighted by molar-refractivity contribution is 0.329. The van der Waals surface area contributed by atoms with E-state index in [4.69, 9.17) is 15.4 Å². The number of benzene rings is 2. The molecule has 2 nitrogen and oxygen atoms in total. The normalized spacial score (nSPS) is 30.7. The number of hydrogen-bond donors (Lipinski definition) is 0. The molecule has 126 valence electrons. The Bertz CT molecular complexity index is 1190. The van der Waals surface area contributed by atoms with Crippen LogP contribution >= 0.6 is 0 Å². The van der Waals surface area contributed by atoms with Crippen molar-refractivity contribution in [2.45, 2.75) is 59.4 Å². The molecule has 1 aliphatic heterocycles. The van der Waals surface area contributed by atoms with Crippen LogP contribution in [0.3, 0.4) is 0 Å². The smallest absolute Gasteiger partial charge is 0.158 e. The third-order valence-electron chi connectivity index (χ3n) is 5.08. The molecule has 2 aromatic carbocycles. The second kappa shape index (κ2) is 4.78. The first-order valence-electron chi connectivity index (χ1n) is 12.2. The van der Waals surface area contributed by atoms with Gasteiger partial charge in [-0.2, -0.15) is 0 Å². The van der Waals surface area contributed by atoms with Crippen LogP contribution in [0.1, 0.15) is 57.4 Å². The molecule has 0 N–H and O–H groups in total. The lowest BCUT2D eigenvalue weighted by Crippen LogP contribution is -2.43. The Kier molecular flexibility index (Phi) is 1.78. The van der Waals surface area contributed by atoms with Crippen LogP contribution in [-0.4, -0.2) is 11.6 Å². The van der Waals surface area contributed by atoms with Gasteiger partial charge in [-0.25, -0.2) is 0 Å². The second-order valence-corrected chi connectivity index (χ2v) is 7.24. The molecule has 1 atom stereocenters. The van der Waals surface area contributed by atoms with E-state index in [2.05, 4.69) is 0 Å². The number of rotatable bonds is 1. The van der Waals surface area contributed by atoms with E-state index in [9.17, 15) is 0 Å². The number of anilines is 1. The Labute approximate surface area is 155 Å². The Morgan fingerprint density at radius 1 is 1.17 bits per heavy atom. The highest BCUT2D eigenvalue weighted by Crippen LogP contribution is 2.51. The number of nitrogens with zero attached hydrogens (tertiary/aromatic N) is 1. The zero-order valence-electron chi connectivity index (χ0n) is 22.4. The summed E-state index contributed by atoms with van der Waals surface area (Å²) in [6.45, 7) is 0.330. The average molecular weight is 330 g/mol. The van der Waals surface area contributed by atoms with E-state index in [0.717, 1.165) is 16.3 Å². The van der Waals surface area contributed by atoms with Gasteiger partial charge >= 0.3 is 0 Å². The minimum absolute atomic E-state index is 0.494. The summed E-state index contributed by atoms with van der Waals surface area (Å²) >= 11 is 0. The largest absolute Gasteiger partial charge is 0.454 e. The van der Waals surface area contributed by atoms with Crippen molar-refractivity contribution in [3.8, 4) is 0 Å². The summed E-state index contributed by atoms with van der Waals surface area (Å²) in [6.07, 6.45) is -2.59. The van der Waals surface area contributed by atoms with Gasteiger partial charge in [0.1, 0.15) is 5.58 Å². The molecule has 2 heteroatoms. The van der Waals surface area contributed by atoms with Crippen molar-refractivity contribution in [2.24, 2.45) is 5.41 Å². The summed E-state index contributed by atoms with van der Waals surface area (Å²) in [4.78, 5) is 1.63. The summed E-state index contributed by atoms with van der Waals surface area (Å²) in [6, 6.07) is 10.1. The number of fused-ring (bicyclic) bond motifs is 3. The molecule has 0 aliphatic carbocycles. The summed E-state index contributed by atoms with van der Waals surface area (Å²) < 4.78 is 73.5. The number of furan rings is 1. The van der Waals surface area contributed by atoms with E-state index in [1.165, 1.54) is 6.92 Å². The minimum Gasteiger partial charge on any atom is -0.454 e. The molecule has 0 radical (unpaired) electrons. The molecule has 1 aromatic heterocycles. The molecular formula is C22H27NO. The zero-order chi connectivity index (χ0) is 24.1. The van der Waals surface area contributed by atoms with E-state index in [0.29, 0.717) is 16.9 Å². The highest BCUT2D eigenvalue weighted by Gasteiger charge is 2.49. The molecule has 0 amide bonds. The van der Waals surface area contributed by atoms with Crippen LogP contribution in [-0.2, 0) is 0 Å². The van der Waals surface area contributed by atoms with Gasteiger partial charge in [-0.1, -0.05) is 44.0 Å². The van der Waals surface area contributed by atoms with Crippen molar-refractivity contribution >= 4 is 27.6 Å². The highest BCUT2D eigenvalue weighted by molar-refractivity contribution is 6.09. The van der Waals surface area contributed by atoms with Crippen LogP contribution in [0, 0.1) is 12.3 Å². The topological polar surface area (TPSA) is 16.4 Å². The van der Waals surface area contributed by atoms with Gasteiger partial charge in [0.2, 0.25) is 0 Å². The molecule has 1 unspecified atom stereocenters. The summed E-state index contributed by atoms with van der Waals surface area (Å²) in [5.41, 5.74) is -1.66. The molecule has 1 saturated heterocycles. The zero-order valence-corrected chi connectivity index (χ0v) is 14.4. The monoisotopic (exact) mass is 329 g/mol. The molecule has 3 aromatic rings. The van der Waals surface area contributed by atoms with Gasteiger partial charge in [-0.05, 0) is 51.1 Å². The highest BCUT2D eigenvalue weighted by atomic mass is 16.3. The molecule has 1 fully saturated rings. The van der Waals surface area contributed by atoms with Crippen LogP contribution in [0.15, 0.2) is 40.8 Å². The van der Waals surface area contributed by atoms with Gasteiger partial charge in [-0.3, -0.25) is 0 Å². The SMILES string of the molecule is [2H]C([2H])([2H])C1(C([2H])([2H])[2H])C(C)N(c2c(C)ccc3c2oc2ccccc23)C(C)(C)C1([2H])[2H]. The number of aryl methyl sites for hydroxylation is 1. The van der Waals surface area contributed by atoms with Gasteiger partial charge in [0.15, 0.2) is 5.58 Å². The molecule has 0 saturated carbocycles. The van der Waals surface area contributed by atoms with Crippen molar-refractivity contribution in [2.75, 3.05) is 4.90 Å². The molecule has 0 bridgehead atoms. The Morgan fingerprint density at radius 3 is 2.62 bits per heavy atom. The van der Waals surface area contributed by atoms with Crippen LogP contribution in [0.25, 0.3) is 21.9 Å². The van der Waals surface area contributed by atoms with Crippen LogP contribution in [0.2, 0.25) is 0 Å². The van der Waals surface area contributed by atoms with Crippen molar-refractivity contribution in [3.05, 3.63) is 42.0 Å². The first-order valence-corrected chi connectivity index (χ1v) is 8.22. The third-order valence-corrected chi connectivity index (χ3v) is 5.08. The van der Waals surface area contributed by atoms with Gasteiger partial charge in [0, 0.05) is 33.3 Å². The van der Waals surface area contributed by atoms with Crippen molar-refractivity contribution in [1.29, 1.82) is 0 Å². The first kappa shape index (κ1) is 8.94. The first-order chi connectivity index (χ1) is 14.5. The van der Waals surface area contributed by atoms with Crippen molar-refractivity contribution < 1.29 is 15.4 Å². The molecule has 0 spiro atoms. The van der Waals surface area contributed by atoms with E-state index in [1.54, 1.807) is 18.7 Å². The maximum absolute atomic E-state index is 8.98. The van der Waals surface area contributed by atoms with Crippen molar-refractivity contribution in [1.82, 2.24) is 0 Å². The fourth-order valence-electron chi connectivity index (χ4n) is 3.97. The number of para-hydroxylation sites is 1. The van der Waals surface area contributed by atoms with Crippen LogP contribution in [0.4, 0.5) is 5.69 Å². The van der Waals surface area contributed by atoms with Crippen LogP contribution < -0.4 is 4.90 Å². The quantitative estimate of drug-likeness (QED) is 0.521. The van der Waals surface area contributed by atoms with Crippen LogP contribution in [0.5, 0.6) is 0 Å². The van der Waals surface area contributed by atoms with Crippen molar-refractivity contribution in [3.63, 3.8) is 0 Å². The minimum atomic E-state index is -3.08. The Morgan fingerprint density at radius 2 is 1.92 bits per heavy atom. The van der Waals surface area contributed by atoms with Gasteiger partial charge in [0.25, 0.3) is 0 Å². The predicted octanol–water partition coefficient (Wildman–Crippen LogP) is 6.30. The van der Waals surface area contributed by atoms with E-state index < -0.39 is 37.1 Å².